The zero-order chi connectivity index (χ0) is 19.8. The summed E-state index contributed by atoms with van der Waals surface area (Å²) in [5.74, 6) is 0.543. The molecule has 2 aromatic carbocycles. The lowest BCUT2D eigenvalue weighted by Crippen LogP contribution is -2.23. The van der Waals surface area contributed by atoms with Crippen LogP contribution < -0.4 is 15.0 Å². The summed E-state index contributed by atoms with van der Waals surface area (Å²) in [6.45, 7) is 6.26. The molecule has 0 unspecified atom stereocenters. The van der Waals surface area contributed by atoms with E-state index < -0.39 is 0 Å². The molecule has 5 nitrogen and oxygen atoms in total. The SMILES string of the molecule is CCOc1ccc(NC(=O)c2cc(N(CC)Cc3ccccc3)ccn2)cc1. The Bertz CT molecular complexity index is 895. The average Bonchev–Trinajstić information content (AvgIpc) is 2.74. The van der Waals surface area contributed by atoms with Crippen LogP contribution in [-0.2, 0) is 6.54 Å². The Balaban J connectivity index is 1.71. The summed E-state index contributed by atoms with van der Waals surface area (Å²) in [7, 11) is 0. The van der Waals surface area contributed by atoms with Gasteiger partial charge in [0.15, 0.2) is 0 Å². The second-order valence-corrected chi connectivity index (χ2v) is 6.31. The van der Waals surface area contributed by atoms with Gasteiger partial charge in [-0.2, -0.15) is 0 Å². The highest BCUT2D eigenvalue weighted by atomic mass is 16.5. The molecule has 28 heavy (non-hydrogen) atoms. The van der Waals surface area contributed by atoms with Crippen molar-refractivity contribution in [3.63, 3.8) is 0 Å². The number of hydrogen-bond donors (Lipinski definition) is 1. The molecule has 0 saturated carbocycles. The molecule has 0 aliphatic heterocycles. The van der Waals surface area contributed by atoms with E-state index in [4.69, 9.17) is 4.74 Å². The van der Waals surface area contributed by atoms with E-state index in [1.54, 1.807) is 6.20 Å². The van der Waals surface area contributed by atoms with Gasteiger partial charge in [0.05, 0.1) is 6.61 Å². The van der Waals surface area contributed by atoms with Crippen LogP contribution in [0.15, 0.2) is 72.9 Å². The van der Waals surface area contributed by atoms with E-state index in [9.17, 15) is 4.79 Å². The maximum absolute atomic E-state index is 12.6. The first-order valence-corrected chi connectivity index (χ1v) is 9.48. The van der Waals surface area contributed by atoms with E-state index in [2.05, 4.69) is 34.3 Å². The number of rotatable bonds is 8. The van der Waals surface area contributed by atoms with Gasteiger partial charge in [-0.1, -0.05) is 30.3 Å². The summed E-state index contributed by atoms with van der Waals surface area (Å²) in [4.78, 5) is 19.1. The van der Waals surface area contributed by atoms with Gasteiger partial charge in [0.2, 0.25) is 0 Å². The molecule has 0 radical (unpaired) electrons. The number of carbonyl (C=O) groups excluding carboxylic acids is 1. The molecule has 3 aromatic rings. The lowest BCUT2D eigenvalue weighted by Gasteiger charge is -2.23. The van der Waals surface area contributed by atoms with Crippen molar-refractivity contribution in [1.29, 1.82) is 0 Å². The fourth-order valence-corrected chi connectivity index (χ4v) is 2.93. The second kappa shape index (κ2) is 9.55. The Kier molecular flexibility index (Phi) is 6.63. The summed E-state index contributed by atoms with van der Waals surface area (Å²) in [6.07, 6.45) is 1.68. The Morgan fingerprint density at radius 3 is 2.46 bits per heavy atom. The van der Waals surface area contributed by atoms with Crippen LogP contribution in [0.2, 0.25) is 0 Å². The summed E-state index contributed by atoms with van der Waals surface area (Å²) >= 11 is 0. The molecule has 0 fully saturated rings. The fraction of sp³-hybridized carbons (Fsp3) is 0.217. The number of nitrogens with zero attached hydrogens (tertiary/aromatic N) is 2. The van der Waals surface area contributed by atoms with Crippen molar-refractivity contribution in [2.45, 2.75) is 20.4 Å². The van der Waals surface area contributed by atoms with Gasteiger partial charge in [0, 0.05) is 30.7 Å². The lowest BCUT2D eigenvalue weighted by atomic mass is 10.2. The minimum absolute atomic E-state index is 0.234. The number of ether oxygens (including phenoxy) is 1. The van der Waals surface area contributed by atoms with Gasteiger partial charge in [-0.05, 0) is 55.8 Å². The van der Waals surface area contributed by atoms with E-state index in [1.807, 2.05) is 61.5 Å². The molecular formula is C23H25N3O2. The molecular weight excluding hydrogens is 350 g/mol. The molecule has 0 bridgehead atoms. The van der Waals surface area contributed by atoms with Crippen LogP contribution in [0.25, 0.3) is 0 Å². The minimum atomic E-state index is -0.234. The standard InChI is InChI=1S/C23H25N3O2/c1-3-26(17-18-8-6-5-7-9-18)20-14-15-24-22(16-20)23(27)25-19-10-12-21(13-11-19)28-4-2/h5-16H,3-4,17H2,1-2H3,(H,25,27). The van der Waals surface area contributed by atoms with Crippen LogP contribution >= 0.6 is 0 Å². The quantitative estimate of drug-likeness (QED) is 0.617. The van der Waals surface area contributed by atoms with Crippen LogP contribution in [0.5, 0.6) is 5.75 Å². The number of anilines is 2. The number of hydrogen-bond acceptors (Lipinski definition) is 4. The first-order chi connectivity index (χ1) is 13.7. The van der Waals surface area contributed by atoms with E-state index in [1.165, 1.54) is 5.56 Å². The van der Waals surface area contributed by atoms with Gasteiger partial charge in [-0.15, -0.1) is 0 Å². The van der Waals surface area contributed by atoms with E-state index in [-0.39, 0.29) is 5.91 Å². The zero-order valence-corrected chi connectivity index (χ0v) is 16.3. The fourth-order valence-electron chi connectivity index (χ4n) is 2.93. The molecule has 1 aromatic heterocycles. The number of amides is 1. The van der Waals surface area contributed by atoms with E-state index in [0.717, 1.165) is 24.5 Å². The van der Waals surface area contributed by atoms with Crippen molar-refractivity contribution in [1.82, 2.24) is 4.98 Å². The highest BCUT2D eigenvalue weighted by Gasteiger charge is 2.12. The Morgan fingerprint density at radius 1 is 1.04 bits per heavy atom. The minimum Gasteiger partial charge on any atom is -0.494 e. The highest BCUT2D eigenvalue weighted by Crippen LogP contribution is 2.19. The highest BCUT2D eigenvalue weighted by molar-refractivity contribution is 6.03. The normalized spacial score (nSPS) is 10.4. The molecule has 0 aliphatic carbocycles. The first-order valence-electron chi connectivity index (χ1n) is 9.48. The Morgan fingerprint density at radius 2 is 1.79 bits per heavy atom. The third-order valence-corrected chi connectivity index (χ3v) is 4.36. The maximum atomic E-state index is 12.6. The molecule has 1 heterocycles. The Hall–Kier alpha value is -3.34. The molecule has 0 atom stereocenters. The van der Waals surface area contributed by atoms with Gasteiger partial charge < -0.3 is 15.0 Å². The van der Waals surface area contributed by atoms with Crippen molar-refractivity contribution < 1.29 is 9.53 Å². The van der Waals surface area contributed by atoms with Crippen LogP contribution in [0.4, 0.5) is 11.4 Å². The number of carbonyl (C=O) groups is 1. The predicted molar refractivity (Wildman–Crippen MR) is 113 cm³/mol. The Labute approximate surface area is 166 Å². The van der Waals surface area contributed by atoms with Gasteiger partial charge in [-0.25, -0.2) is 0 Å². The predicted octanol–water partition coefficient (Wildman–Crippen LogP) is 4.76. The second-order valence-electron chi connectivity index (χ2n) is 6.31. The van der Waals surface area contributed by atoms with E-state index in [0.29, 0.717) is 18.0 Å². The van der Waals surface area contributed by atoms with Crippen molar-refractivity contribution in [3.05, 3.63) is 84.2 Å². The maximum Gasteiger partial charge on any atom is 0.274 e. The van der Waals surface area contributed by atoms with Crippen molar-refractivity contribution in [2.24, 2.45) is 0 Å². The molecule has 3 rings (SSSR count). The molecule has 0 spiro atoms. The number of aromatic nitrogens is 1. The number of benzene rings is 2. The number of pyridine rings is 1. The van der Waals surface area contributed by atoms with Gasteiger partial charge in [0.1, 0.15) is 11.4 Å². The monoisotopic (exact) mass is 375 g/mol. The van der Waals surface area contributed by atoms with Crippen LogP contribution in [-0.4, -0.2) is 24.0 Å². The average molecular weight is 375 g/mol. The van der Waals surface area contributed by atoms with Crippen molar-refractivity contribution in [2.75, 3.05) is 23.4 Å². The molecule has 0 aliphatic rings. The zero-order valence-electron chi connectivity index (χ0n) is 16.3. The smallest absolute Gasteiger partial charge is 0.274 e. The molecule has 1 N–H and O–H groups in total. The summed E-state index contributed by atoms with van der Waals surface area (Å²) in [6, 6.07) is 21.3. The van der Waals surface area contributed by atoms with E-state index >= 15 is 0 Å². The molecule has 144 valence electrons. The summed E-state index contributed by atoms with van der Waals surface area (Å²) in [5, 5.41) is 2.89. The molecule has 5 heteroatoms. The largest absolute Gasteiger partial charge is 0.494 e. The van der Waals surface area contributed by atoms with Gasteiger partial charge >= 0.3 is 0 Å². The molecule has 0 saturated heterocycles. The summed E-state index contributed by atoms with van der Waals surface area (Å²) < 4.78 is 5.42. The van der Waals surface area contributed by atoms with Crippen LogP contribution in [0.3, 0.4) is 0 Å². The van der Waals surface area contributed by atoms with Crippen LogP contribution in [0, 0.1) is 0 Å². The third kappa shape index (κ3) is 5.10. The summed E-state index contributed by atoms with van der Waals surface area (Å²) in [5.41, 5.74) is 3.29. The van der Waals surface area contributed by atoms with Gasteiger partial charge in [-0.3, -0.25) is 9.78 Å². The third-order valence-electron chi connectivity index (χ3n) is 4.36. The van der Waals surface area contributed by atoms with Crippen molar-refractivity contribution >= 4 is 17.3 Å². The van der Waals surface area contributed by atoms with Crippen molar-refractivity contribution in [3.8, 4) is 5.75 Å². The lowest BCUT2D eigenvalue weighted by molar-refractivity contribution is 0.102. The van der Waals surface area contributed by atoms with Gasteiger partial charge in [0.25, 0.3) is 5.91 Å². The topological polar surface area (TPSA) is 54.5 Å². The first kappa shape index (κ1) is 19.4. The van der Waals surface area contributed by atoms with Crippen LogP contribution in [0.1, 0.15) is 29.9 Å². The molecule has 1 amide bonds. The number of nitrogens with one attached hydrogen (secondary N) is 1.